The molecule has 0 heterocycles. The highest BCUT2D eigenvalue weighted by molar-refractivity contribution is 7.80. The van der Waals surface area contributed by atoms with Crippen molar-refractivity contribution in [2.45, 2.75) is 32.8 Å². The third-order valence-corrected chi connectivity index (χ3v) is 3.12. The molecule has 0 spiro atoms. The van der Waals surface area contributed by atoms with E-state index in [1.807, 2.05) is 6.92 Å². The molecule has 4 nitrogen and oxygen atoms in total. The lowest BCUT2D eigenvalue weighted by molar-refractivity contribution is -0.151. The SMILES string of the molecule is CCCC(Oc1ccc(C(N)=S)cc1Cl)C(=O)OCC. The van der Waals surface area contributed by atoms with Crippen LogP contribution in [-0.4, -0.2) is 23.7 Å². The van der Waals surface area contributed by atoms with E-state index >= 15 is 0 Å². The second-order valence-electron chi connectivity index (χ2n) is 4.16. The van der Waals surface area contributed by atoms with Crippen molar-refractivity contribution >= 4 is 34.8 Å². The Hall–Kier alpha value is -1.33. The van der Waals surface area contributed by atoms with E-state index in [1.165, 1.54) is 0 Å². The quantitative estimate of drug-likeness (QED) is 0.619. The Morgan fingerprint density at radius 2 is 2.15 bits per heavy atom. The fraction of sp³-hybridized carbons (Fsp3) is 0.429. The fourth-order valence-corrected chi connectivity index (χ4v) is 1.98. The van der Waals surface area contributed by atoms with Crippen molar-refractivity contribution in [2.75, 3.05) is 6.61 Å². The zero-order valence-corrected chi connectivity index (χ0v) is 13.1. The van der Waals surface area contributed by atoms with Crippen LogP contribution in [0.5, 0.6) is 5.75 Å². The van der Waals surface area contributed by atoms with Crippen molar-refractivity contribution in [2.24, 2.45) is 5.73 Å². The lowest BCUT2D eigenvalue weighted by Gasteiger charge is -2.18. The van der Waals surface area contributed by atoms with Crippen molar-refractivity contribution in [3.8, 4) is 5.75 Å². The number of thiocarbonyl (C=S) groups is 1. The van der Waals surface area contributed by atoms with Crippen LogP contribution < -0.4 is 10.5 Å². The van der Waals surface area contributed by atoms with Gasteiger partial charge in [0.05, 0.1) is 11.6 Å². The summed E-state index contributed by atoms with van der Waals surface area (Å²) in [5.74, 6) is 0.0296. The topological polar surface area (TPSA) is 61.5 Å². The predicted molar refractivity (Wildman–Crippen MR) is 83.3 cm³/mol. The highest BCUT2D eigenvalue weighted by Crippen LogP contribution is 2.27. The lowest BCUT2D eigenvalue weighted by atomic mass is 10.2. The second-order valence-corrected chi connectivity index (χ2v) is 5.00. The summed E-state index contributed by atoms with van der Waals surface area (Å²) >= 11 is 11.0. The van der Waals surface area contributed by atoms with Crippen molar-refractivity contribution < 1.29 is 14.3 Å². The number of benzene rings is 1. The van der Waals surface area contributed by atoms with Gasteiger partial charge >= 0.3 is 5.97 Å². The van der Waals surface area contributed by atoms with Gasteiger partial charge in [0.2, 0.25) is 0 Å². The predicted octanol–water partition coefficient (Wildman–Crippen LogP) is 3.08. The van der Waals surface area contributed by atoms with Gasteiger partial charge in [-0.15, -0.1) is 0 Å². The number of hydrogen-bond donors (Lipinski definition) is 1. The highest BCUT2D eigenvalue weighted by Gasteiger charge is 2.22. The first kappa shape index (κ1) is 16.7. The van der Waals surface area contributed by atoms with Crippen LogP contribution >= 0.6 is 23.8 Å². The summed E-state index contributed by atoms with van der Waals surface area (Å²) < 4.78 is 10.6. The zero-order valence-electron chi connectivity index (χ0n) is 11.5. The molecule has 6 heteroatoms. The Labute approximate surface area is 129 Å². The minimum absolute atomic E-state index is 0.258. The molecule has 0 amide bonds. The minimum atomic E-state index is -0.659. The van der Waals surface area contributed by atoms with Crippen LogP contribution in [0.3, 0.4) is 0 Å². The summed E-state index contributed by atoms with van der Waals surface area (Å²) in [6, 6.07) is 4.98. The Morgan fingerprint density at radius 1 is 1.45 bits per heavy atom. The summed E-state index contributed by atoms with van der Waals surface area (Å²) in [4.78, 5) is 12.1. The Kier molecular flexibility index (Phi) is 6.75. The molecule has 0 fully saturated rings. The molecule has 2 N–H and O–H groups in total. The molecule has 0 aromatic heterocycles. The van der Waals surface area contributed by atoms with Crippen LogP contribution in [0.4, 0.5) is 0 Å². The van der Waals surface area contributed by atoms with Crippen LogP contribution in [-0.2, 0) is 9.53 Å². The molecule has 0 saturated carbocycles. The Bertz CT molecular complexity index is 493. The van der Waals surface area contributed by atoms with E-state index in [2.05, 4.69) is 0 Å². The standard InChI is InChI=1S/C14H18ClNO3S/c1-3-5-12(14(17)18-4-2)19-11-7-6-9(13(16)20)8-10(11)15/h6-8,12H,3-5H2,1-2H3,(H2,16,20). The molecule has 1 unspecified atom stereocenters. The van der Waals surface area contributed by atoms with Gasteiger partial charge in [0.25, 0.3) is 0 Å². The van der Waals surface area contributed by atoms with Crippen molar-refractivity contribution in [1.82, 2.24) is 0 Å². The monoisotopic (exact) mass is 315 g/mol. The molecular weight excluding hydrogens is 298 g/mol. The van der Waals surface area contributed by atoms with Crippen LogP contribution in [0.25, 0.3) is 0 Å². The number of halogens is 1. The minimum Gasteiger partial charge on any atom is -0.477 e. The van der Waals surface area contributed by atoms with Gasteiger partial charge in [-0.2, -0.15) is 0 Å². The van der Waals surface area contributed by atoms with Crippen molar-refractivity contribution in [3.63, 3.8) is 0 Å². The summed E-state index contributed by atoms with van der Waals surface area (Å²) in [6.07, 6.45) is 0.700. The molecule has 1 atom stereocenters. The molecule has 1 aromatic rings. The highest BCUT2D eigenvalue weighted by atomic mass is 35.5. The van der Waals surface area contributed by atoms with Gasteiger partial charge in [-0.25, -0.2) is 4.79 Å². The number of hydrogen-bond acceptors (Lipinski definition) is 4. The van der Waals surface area contributed by atoms with Crippen LogP contribution in [0.15, 0.2) is 18.2 Å². The maximum Gasteiger partial charge on any atom is 0.347 e. The van der Waals surface area contributed by atoms with E-state index in [9.17, 15) is 4.79 Å². The number of carbonyl (C=O) groups excluding carboxylic acids is 1. The van der Waals surface area contributed by atoms with Gasteiger partial charge in [0.15, 0.2) is 6.10 Å². The number of esters is 1. The van der Waals surface area contributed by atoms with Gasteiger partial charge in [-0.05, 0) is 31.5 Å². The van der Waals surface area contributed by atoms with Crippen molar-refractivity contribution in [1.29, 1.82) is 0 Å². The van der Waals surface area contributed by atoms with Crippen LogP contribution in [0.1, 0.15) is 32.3 Å². The number of nitrogens with two attached hydrogens (primary N) is 1. The van der Waals surface area contributed by atoms with Gasteiger partial charge in [-0.3, -0.25) is 0 Å². The molecule has 1 aromatic carbocycles. The third kappa shape index (κ3) is 4.65. The van der Waals surface area contributed by atoms with E-state index in [0.717, 1.165) is 6.42 Å². The van der Waals surface area contributed by atoms with E-state index in [0.29, 0.717) is 29.4 Å². The lowest BCUT2D eigenvalue weighted by Crippen LogP contribution is -2.29. The molecule has 0 saturated heterocycles. The average molecular weight is 316 g/mol. The molecule has 1 rings (SSSR count). The van der Waals surface area contributed by atoms with Crippen molar-refractivity contribution in [3.05, 3.63) is 28.8 Å². The summed E-state index contributed by atoms with van der Waals surface area (Å²) in [6.45, 7) is 4.04. The first-order chi connectivity index (χ1) is 9.49. The van der Waals surface area contributed by atoms with Gasteiger partial charge < -0.3 is 15.2 Å². The van der Waals surface area contributed by atoms with Gasteiger partial charge in [-0.1, -0.05) is 37.2 Å². The maximum atomic E-state index is 11.8. The molecular formula is C14H18ClNO3S. The number of rotatable bonds is 7. The summed E-state index contributed by atoms with van der Waals surface area (Å²) in [5.41, 5.74) is 6.18. The Morgan fingerprint density at radius 3 is 2.65 bits per heavy atom. The first-order valence-corrected chi connectivity index (χ1v) is 7.20. The van der Waals surface area contributed by atoms with E-state index in [-0.39, 0.29) is 11.0 Å². The number of carbonyl (C=O) groups is 1. The number of ether oxygens (including phenoxy) is 2. The van der Waals surface area contributed by atoms with Gasteiger partial charge in [0.1, 0.15) is 10.7 Å². The maximum absolute atomic E-state index is 11.8. The molecule has 110 valence electrons. The normalized spacial score (nSPS) is 11.8. The summed E-state index contributed by atoms with van der Waals surface area (Å²) in [5, 5.41) is 0.362. The Balaban J connectivity index is 2.88. The summed E-state index contributed by atoms with van der Waals surface area (Å²) in [7, 11) is 0. The van der Waals surface area contributed by atoms with E-state index < -0.39 is 6.10 Å². The van der Waals surface area contributed by atoms with Crippen LogP contribution in [0.2, 0.25) is 5.02 Å². The molecule has 20 heavy (non-hydrogen) atoms. The fourth-order valence-electron chi connectivity index (χ4n) is 1.63. The first-order valence-electron chi connectivity index (χ1n) is 6.42. The molecule has 0 aliphatic heterocycles. The molecule has 0 bridgehead atoms. The average Bonchev–Trinajstić information content (AvgIpc) is 2.40. The second kappa shape index (κ2) is 8.07. The van der Waals surface area contributed by atoms with E-state index in [4.69, 9.17) is 39.0 Å². The largest absolute Gasteiger partial charge is 0.477 e. The van der Waals surface area contributed by atoms with Gasteiger partial charge in [0, 0.05) is 5.56 Å². The smallest absolute Gasteiger partial charge is 0.347 e. The van der Waals surface area contributed by atoms with E-state index in [1.54, 1.807) is 25.1 Å². The van der Waals surface area contributed by atoms with Crippen LogP contribution in [0, 0.1) is 0 Å². The zero-order chi connectivity index (χ0) is 15.1. The molecule has 0 radical (unpaired) electrons. The third-order valence-electron chi connectivity index (χ3n) is 2.59. The molecule has 0 aliphatic carbocycles. The molecule has 0 aliphatic rings.